The smallest absolute Gasteiger partial charge is 0.248 e. The Labute approximate surface area is 431 Å². The lowest BCUT2D eigenvalue weighted by atomic mass is 9.91. The van der Waals surface area contributed by atoms with Crippen LogP contribution in [0.1, 0.15) is 129 Å². The molecule has 418 valence electrons. The molecule has 0 spiro atoms. The van der Waals surface area contributed by atoms with E-state index in [1.165, 1.54) is 18.6 Å². The fourth-order valence-corrected chi connectivity index (χ4v) is 9.81. The van der Waals surface area contributed by atoms with Gasteiger partial charge in [0, 0.05) is 32.4 Å². The van der Waals surface area contributed by atoms with Gasteiger partial charge in [-0.25, -0.2) is 0 Å². The second-order valence-corrected chi connectivity index (χ2v) is 20.5. The van der Waals surface area contributed by atoms with E-state index < -0.39 is 146 Å². The van der Waals surface area contributed by atoms with Crippen molar-refractivity contribution in [1.82, 2.24) is 36.4 Å². The number of unbranched alkanes of at least 4 members (excludes halogenated alkanes) is 5. The number of carbonyl (C=O) groups excluding carboxylic acids is 7. The zero-order chi connectivity index (χ0) is 55.0. The molecule has 24 nitrogen and oxygen atoms in total. The highest BCUT2D eigenvalue weighted by molar-refractivity contribution is 5.98. The van der Waals surface area contributed by atoms with Crippen LogP contribution >= 0.6 is 0 Å². The van der Waals surface area contributed by atoms with Crippen LogP contribution in [0.25, 0.3) is 0 Å². The summed E-state index contributed by atoms with van der Waals surface area (Å²) in [5.74, 6) is -6.88. The van der Waals surface area contributed by atoms with Gasteiger partial charge in [0.15, 0.2) is 6.23 Å². The maximum Gasteiger partial charge on any atom is 0.248 e. The molecule has 0 saturated carbocycles. The Morgan fingerprint density at radius 3 is 1.96 bits per heavy atom. The average Bonchev–Trinajstić information content (AvgIpc) is 3.95. The lowest BCUT2D eigenvalue weighted by molar-refractivity contribution is -0.149. The van der Waals surface area contributed by atoms with Gasteiger partial charge in [-0.15, -0.1) is 0 Å². The monoisotopic (exact) mass is 1050 g/mol. The normalized spacial score (nSPS) is 29.3. The van der Waals surface area contributed by atoms with E-state index in [0.717, 1.165) is 67.4 Å². The van der Waals surface area contributed by atoms with E-state index >= 15 is 0 Å². The van der Waals surface area contributed by atoms with Gasteiger partial charge >= 0.3 is 0 Å². The Morgan fingerprint density at radius 2 is 1.32 bits per heavy atom. The summed E-state index contributed by atoms with van der Waals surface area (Å²) in [4.78, 5) is 100. The number of aliphatic hydroxyl groups is 8. The summed E-state index contributed by atoms with van der Waals surface area (Å²) >= 11 is 0. The first-order chi connectivity index (χ1) is 35.0. The van der Waals surface area contributed by atoms with Crippen molar-refractivity contribution in [3.05, 3.63) is 29.8 Å². The number of aliphatic hydroxyl groups excluding tert-OH is 8. The number of rotatable bonds is 20. The van der Waals surface area contributed by atoms with Crippen LogP contribution in [0.4, 0.5) is 0 Å². The van der Waals surface area contributed by atoms with Crippen molar-refractivity contribution >= 4 is 41.4 Å². The fraction of sp³-hybridized carbons (Fsp3) is 0.740. The maximum atomic E-state index is 14.4. The molecule has 3 heterocycles. The lowest BCUT2D eigenvalue weighted by Crippen LogP contribution is -2.64. The molecule has 1 aromatic rings. The van der Waals surface area contributed by atoms with Crippen LogP contribution in [0.3, 0.4) is 0 Å². The molecule has 74 heavy (non-hydrogen) atoms. The van der Waals surface area contributed by atoms with Crippen molar-refractivity contribution in [2.75, 3.05) is 19.6 Å². The molecule has 3 aliphatic rings. The summed E-state index contributed by atoms with van der Waals surface area (Å²) in [7, 11) is 0. The molecular weight excluding hydrogens is 969 g/mol. The van der Waals surface area contributed by atoms with Crippen LogP contribution in [-0.4, -0.2) is 196 Å². The van der Waals surface area contributed by atoms with Crippen molar-refractivity contribution in [1.29, 1.82) is 0 Å². The molecular formula is C50H82N8O16. The number of nitrogens with one attached hydrogen (secondary N) is 5. The predicted octanol–water partition coefficient (Wildman–Crippen LogP) is -2.87. The van der Waals surface area contributed by atoms with E-state index in [9.17, 15) is 79.5 Å². The van der Waals surface area contributed by atoms with Crippen LogP contribution in [-0.2, 0) is 33.6 Å². The van der Waals surface area contributed by atoms with Gasteiger partial charge in [0.1, 0.15) is 60.3 Å². The van der Waals surface area contributed by atoms with Crippen LogP contribution in [0.2, 0.25) is 0 Å². The predicted molar refractivity (Wildman–Crippen MR) is 265 cm³/mol. The number of nitrogens with zero attached hydrogens (tertiary/aromatic N) is 2. The number of amides is 7. The third kappa shape index (κ3) is 17.2. The molecule has 1 aromatic carbocycles. The number of hydrogen-bond acceptors (Lipinski definition) is 17. The number of phenolic OH excluding ortho intramolecular Hbond substituents is 1. The number of carbonyl (C=O) groups is 7. The number of nitrogens with two attached hydrogens (primary N) is 1. The average molecular weight is 1050 g/mol. The molecule has 3 saturated heterocycles. The van der Waals surface area contributed by atoms with E-state index in [1.54, 1.807) is 0 Å². The Kier molecular flexibility index (Phi) is 24.4. The zero-order valence-electron chi connectivity index (χ0n) is 42.9. The van der Waals surface area contributed by atoms with Gasteiger partial charge in [-0.1, -0.05) is 77.8 Å². The van der Waals surface area contributed by atoms with Crippen molar-refractivity contribution in [3.63, 3.8) is 0 Å². The summed E-state index contributed by atoms with van der Waals surface area (Å²) in [5, 5.41) is 111. The summed E-state index contributed by atoms with van der Waals surface area (Å²) in [5.41, 5.74) is 5.63. The number of aromatic hydroxyl groups is 1. The molecule has 16 atom stereocenters. The first-order valence-electron chi connectivity index (χ1n) is 26.0. The minimum Gasteiger partial charge on any atom is -0.508 e. The van der Waals surface area contributed by atoms with Gasteiger partial charge in [0.25, 0.3) is 0 Å². The van der Waals surface area contributed by atoms with E-state index in [-0.39, 0.29) is 43.7 Å². The quantitative estimate of drug-likeness (QED) is 0.0584. The van der Waals surface area contributed by atoms with E-state index in [1.807, 2.05) is 0 Å². The van der Waals surface area contributed by atoms with Gasteiger partial charge in [-0.05, 0) is 68.7 Å². The van der Waals surface area contributed by atoms with E-state index in [0.29, 0.717) is 24.7 Å². The fourth-order valence-electron chi connectivity index (χ4n) is 9.81. The molecule has 0 radical (unpaired) electrons. The van der Waals surface area contributed by atoms with Crippen LogP contribution in [0.15, 0.2) is 24.3 Å². The highest BCUT2D eigenvalue weighted by Gasteiger charge is 2.49. The van der Waals surface area contributed by atoms with Gasteiger partial charge in [-0.2, -0.15) is 0 Å². The molecule has 16 N–H and O–H groups in total. The molecule has 0 aromatic heterocycles. The third-order valence-electron chi connectivity index (χ3n) is 14.4. The summed E-state index contributed by atoms with van der Waals surface area (Å²) in [6.07, 6.45) is -8.51. The highest BCUT2D eigenvalue weighted by atomic mass is 16.3. The maximum absolute atomic E-state index is 14.4. The molecule has 24 heteroatoms. The van der Waals surface area contributed by atoms with Gasteiger partial charge in [-0.3, -0.25) is 33.6 Å². The molecule has 3 fully saturated rings. The second kappa shape index (κ2) is 29.3. The number of benzene rings is 1. The van der Waals surface area contributed by atoms with Crippen LogP contribution < -0.4 is 32.3 Å². The molecule has 6 unspecified atom stereocenters. The lowest BCUT2D eigenvalue weighted by Gasteiger charge is -2.34. The first-order valence-corrected chi connectivity index (χ1v) is 26.0. The molecule has 7 amide bonds. The standard InChI is InChI=1S/C50H82N8O16/c1-5-26(2)22-27(3)12-10-8-6-7-9-11-13-37(65)52-32-24-36(64)46(70)56-48(72)41-35(63)19-21-57(41)50(74)39(34(62)18-20-51)54-47(71)40(43(67)42(66)29-14-16-30(60)17-15-29)55-45(69)33-23-31(61)25-58(33)49(73)38(28(4)59)53-44(32)68/h14-17,26-28,31-36,38-43,46,59-64,66-67,70H,5-13,18-25,51H2,1-4H3,(H,52,65)(H,53,68)(H,54,71)(H,55,69)(H,56,72)/t26?,27?,28-,31-,32?,33?,34-,35+,36-,38?,39?,40+,41+,42+,43+,46-/m1/s1. The van der Waals surface area contributed by atoms with Gasteiger partial charge in [0.2, 0.25) is 41.4 Å². The number of phenols is 1. The van der Waals surface area contributed by atoms with Crippen molar-refractivity contribution in [2.45, 2.75) is 203 Å². The minimum absolute atomic E-state index is 0.0598. The molecule has 0 aliphatic carbocycles. The highest BCUT2D eigenvalue weighted by Crippen LogP contribution is 2.27. The molecule has 3 aliphatic heterocycles. The molecule has 4 rings (SSSR count). The number of fused-ring (bicyclic) bond motifs is 2. The Balaban J connectivity index is 1.68. The zero-order valence-corrected chi connectivity index (χ0v) is 42.9. The Hall–Kier alpha value is -5.05. The Morgan fingerprint density at radius 1 is 0.716 bits per heavy atom. The third-order valence-corrected chi connectivity index (χ3v) is 14.4. The second-order valence-electron chi connectivity index (χ2n) is 20.5. The largest absolute Gasteiger partial charge is 0.508 e. The van der Waals surface area contributed by atoms with Crippen LogP contribution in [0, 0.1) is 11.8 Å². The summed E-state index contributed by atoms with van der Waals surface area (Å²) in [6, 6.07) is -6.71. The summed E-state index contributed by atoms with van der Waals surface area (Å²) < 4.78 is 0. The minimum atomic E-state index is -2.29. The summed E-state index contributed by atoms with van der Waals surface area (Å²) in [6.45, 7) is 6.67. The van der Waals surface area contributed by atoms with Gasteiger partial charge in [0.05, 0.1) is 24.4 Å². The van der Waals surface area contributed by atoms with E-state index in [4.69, 9.17) is 5.73 Å². The van der Waals surface area contributed by atoms with E-state index in [2.05, 4.69) is 47.4 Å². The van der Waals surface area contributed by atoms with Gasteiger partial charge < -0.3 is 88.1 Å². The first kappa shape index (κ1) is 61.5. The molecule has 0 bridgehead atoms. The van der Waals surface area contributed by atoms with Crippen molar-refractivity contribution in [2.24, 2.45) is 17.6 Å². The van der Waals surface area contributed by atoms with Crippen LogP contribution in [0.5, 0.6) is 5.75 Å². The number of hydrogen-bond donors (Lipinski definition) is 15. The SMILES string of the molecule is CCC(C)CC(C)CCCCCCCCC(=O)NC1C[C@@H](O)[C@@H](O)NC(=O)[C@@H]2[C@@H](O)CCN2C(=O)C([C@H](O)CCN)NC(=O)[C@H]([C@H](O)[C@@H](O)c2ccc(O)cc2)NC(=O)C2C[C@@H](O)CN2C(=O)C([C@@H](C)O)NC1=O. The topological polar surface area (TPSA) is 394 Å². The Bertz CT molecular complexity index is 2020. The van der Waals surface area contributed by atoms with Crippen molar-refractivity contribution in [3.8, 4) is 5.75 Å². The van der Waals surface area contributed by atoms with Crippen molar-refractivity contribution < 1.29 is 79.5 Å².